The molecule has 2 bridgehead atoms. The summed E-state index contributed by atoms with van der Waals surface area (Å²) < 4.78 is 18.5. The Labute approximate surface area is 228 Å². The van der Waals surface area contributed by atoms with E-state index in [-0.39, 0.29) is 18.1 Å². The average molecular weight is 531 g/mol. The van der Waals surface area contributed by atoms with Crippen LogP contribution in [0.4, 0.5) is 0 Å². The first-order valence-electron chi connectivity index (χ1n) is 13.3. The maximum atomic E-state index is 12.4. The van der Waals surface area contributed by atoms with Crippen molar-refractivity contribution in [3.63, 3.8) is 0 Å². The first-order chi connectivity index (χ1) is 19.0. The fourth-order valence-corrected chi connectivity index (χ4v) is 5.50. The molecular formula is C30H34N4O5. The second kappa shape index (κ2) is 12.2. The van der Waals surface area contributed by atoms with Gasteiger partial charge in [0.05, 0.1) is 19.9 Å². The molecule has 1 saturated heterocycles. The van der Waals surface area contributed by atoms with Gasteiger partial charge in [-0.15, -0.1) is 0 Å². The van der Waals surface area contributed by atoms with E-state index in [2.05, 4.69) is 27.6 Å². The second-order valence-corrected chi connectivity index (χ2v) is 9.95. The summed E-state index contributed by atoms with van der Waals surface area (Å²) in [4.78, 5) is 27.0. The van der Waals surface area contributed by atoms with Crippen LogP contribution in [0.1, 0.15) is 36.1 Å². The highest BCUT2D eigenvalue weighted by Gasteiger charge is 2.34. The van der Waals surface area contributed by atoms with Gasteiger partial charge in [-0.2, -0.15) is 5.10 Å². The van der Waals surface area contributed by atoms with Crippen LogP contribution in [0.3, 0.4) is 0 Å². The van der Waals surface area contributed by atoms with Crippen LogP contribution in [0.5, 0.6) is 17.2 Å². The number of likely N-dealkylation sites (tertiary alicyclic amines) is 1. The van der Waals surface area contributed by atoms with E-state index in [4.69, 9.17) is 14.2 Å². The zero-order valence-corrected chi connectivity index (χ0v) is 22.3. The van der Waals surface area contributed by atoms with Crippen molar-refractivity contribution >= 4 is 12.1 Å². The van der Waals surface area contributed by atoms with Crippen LogP contribution >= 0.6 is 0 Å². The smallest absolute Gasteiger partial charge is 0.277 e. The fourth-order valence-electron chi connectivity index (χ4n) is 5.50. The van der Waals surface area contributed by atoms with Crippen molar-refractivity contribution in [3.05, 3.63) is 87.8 Å². The number of fused-ring (bicyclic) bond motifs is 4. The molecule has 1 fully saturated rings. The summed E-state index contributed by atoms with van der Waals surface area (Å²) in [6.07, 6.45) is 2.74. The van der Waals surface area contributed by atoms with Crippen LogP contribution in [-0.2, 0) is 17.9 Å². The zero-order chi connectivity index (χ0) is 27.2. The number of pyridine rings is 1. The van der Waals surface area contributed by atoms with E-state index >= 15 is 0 Å². The number of amides is 1. The number of nitrogens with zero attached hydrogens (tertiary/aromatic N) is 3. The van der Waals surface area contributed by atoms with Gasteiger partial charge in [0.15, 0.2) is 6.61 Å². The third-order valence-electron chi connectivity index (χ3n) is 7.17. The monoisotopic (exact) mass is 530 g/mol. The van der Waals surface area contributed by atoms with Gasteiger partial charge in [0.25, 0.3) is 11.5 Å². The molecule has 5 rings (SSSR count). The van der Waals surface area contributed by atoms with E-state index in [1.54, 1.807) is 43.7 Å². The Hall–Kier alpha value is -4.11. The minimum Gasteiger partial charge on any atom is -0.497 e. The van der Waals surface area contributed by atoms with Gasteiger partial charge in [-0.05, 0) is 73.4 Å². The molecule has 0 spiro atoms. The number of hydrazone groups is 1. The minimum atomic E-state index is -0.354. The highest BCUT2D eigenvalue weighted by Crippen LogP contribution is 2.36. The molecule has 2 unspecified atom stereocenters. The van der Waals surface area contributed by atoms with E-state index in [0.717, 1.165) is 60.9 Å². The molecule has 0 radical (unpaired) electrons. The summed E-state index contributed by atoms with van der Waals surface area (Å²) in [5.41, 5.74) is 5.68. The first-order valence-corrected chi connectivity index (χ1v) is 13.3. The van der Waals surface area contributed by atoms with Gasteiger partial charge in [-0.1, -0.05) is 6.07 Å². The number of methoxy groups -OCH3 is 1. The van der Waals surface area contributed by atoms with Crippen molar-refractivity contribution in [2.24, 2.45) is 11.0 Å². The minimum absolute atomic E-state index is 0.0978. The number of aromatic nitrogens is 1. The predicted octanol–water partition coefficient (Wildman–Crippen LogP) is 3.40. The second-order valence-electron chi connectivity index (χ2n) is 9.95. The molecule has 3 aromatic rings. The van der Waals surface area contributed by atoms with Crippen molar-refractivity contribution in [3.8, 4) is 17.2 Å². The van der Waals surface area contributed by atoms with Crippen molar-refractivity contribution in [2.75, 3.05) is 33.4 Å². The van der Waals surface area contributed by atoms with E-state index < -0.39 is 0 Å². The van der Waals surface area contributed by atoms with Crippen molar-refractivity contribution < 1.29 is 19.0 Å². The van der Waals surface area contributed by atoms with Crippen LogP contribution in [0.15, 0.2) is 70.6 Å². The van der Waals surface area contributed by atoms with Crippen LogP contribution in [0.25, 0.3) is 0 Å². The summed E-state index contributed by atoms with van der Waals surface area (Å²) >= 11 is 0. The molecule has 2 aliphatic heterocycles. The van der Waals surface area contributed by atoms with Crippen LogP contribution in [0, 0.1) is 5.92 Å². The number of hydrogen-bond donors (Lipinski definition) is 1. The number of hydrogen-bond acceptors (Lipinski definition) is 7. The summed E-state index contributed by atoms with van der Waals surface area (Å²) in [6, 6.07) is 18.6. The summed E-state index contributed by atoms with van der Waals surface area (Å²) in [5.74, 6) is 2.58. The standard InChI is InChI=1S/C30H34N4O5/c1-3-38-28-12-7-21(15-31-32-29(35)20-39-26-10-8-25(37-2)9-11-26)13-24(28)19-33-16-22-14-23(18-33)27-5-4-6-30(36)34(27)17-22/h4-13,15,22-23H,3,14,16-20H2,1-2H3,(H,32,35)/b31-15+. The maximum absolute atomic E-state index is 12.4. The number of benzene rings is 2. The fraction of sp³-hybridized carbons (Fsp3) is 0.367. The molecule has 3 heterocycles. The molecule has 1 amide bonds. The van der Waals surface area contributed by atoms with E-state index in [0.29, 0.717) is 24.2 Å². The molecule has 2 aromatic carbocycles. The number of piperidine rings is 1. The molecule has 0 saturated carbocycles. The highest BCUT2D eigenvalue weighted by atomic mass is 16.5. The molecule has 1 aromatic heterocycles. The Bertz CT molecular complexity index is 1380. The van der Waals surface area contributed by atoms with Crippen molar-refractivity contribution in [1.82, 2.24) is 14.9 Å². The lowest BCUT2D eigenvalue weighted by molar-refractivity contribution is -0.123. The summed E-state index contributed by atoms with van der Waals surface area (Å²) in [6.45, 7) is 5.75. The molecule has 1 N–H and O–H groups in total. The Morgan fingerprint density at radius 2 is 1.87 bits per heavy atom. The van der Waals surface area contributed by atoms with Gasteiger partial charge in [0, 0.05) is 49.4 Å². The van der Waals surface area contributed by atoms with Gasteiger partial charge >= 0.3 is 0 Å². The topological polar surface area (TPSA) is 94.4 Å². The Kier molecular flexibility index (Phi) is 8.27. The number of nitrogens with one attached hydrogen (secondary N) is 1. The number of ether oxygens (including phenoxy) is 3. The SMILES string of the molecule is CCOc1ccc(/C=N/NC(=O)COc2ccc(OC)cc2)cc1CN1CC2CC(C1)c1cccc(=O)n1C2. The number of carbonyl (C=O) groups is 1. The Morgan fingerprint density at radius 3 is 2.67 bits per heavy atom. The largest absolute Gasteiger partial charge is 0.497 e. The van der Waals surface area contributed by atoms with Gasteiger partial charge in [-0.25, -0.2) is 5.43 Å². The quantitative estimate of drug-likeness (QED) is 0.319. The summed E-state index contributed by atoms with van der Waals surface area (Å²) in [7, 11) is 1.59. The molecule has 2 atom stereocenters. The third-order valence-corrected chi connectivity index (χ3v) is 7.17. The molecule has 204 valence electrons. The number of carbonyl (C=O) groups excluding carboxylic acids is 1. The molecular weight excluding hydrogens is 496 g/mol. The first kappa shape index (κ1) is 26.5. The van der Waals surface area contributed by atoms with Gasteiger partial charge in [-0.3, -0.25) is 14.5 Å². The van der Waals surface area contributed by atoms with Crippen LogP contribution < -0.4 is 25.2 Å². The third kappa shape index (κ3) is 6.49. The van der Waals surface area contributed by atoms with Crippen LogP contribution in [0.2, 0.25) is 0 Å². The van der Waals surface area contributed by atoms with E-state index in [1.165, 1.54) is 0 Å². The average Bonchev–Trinajstić information content (AvgIpc) is 2.94. The number of rotatable bonds is 10. The van der Waals surface area contributed by atoms with Gasteiger partial charge in [0.2, 0.25) is 0 Å². The lowest BCUT2D eigenvalue weighted by Crippen LogP contribution is -2.46. The van der Waals surface area contributed by atoms with Gasteiger partial charge in [0.1, 0.15) is 17.2 Å². The lowest BCUT2D eigenvalue weighted by Gasteiger charge is -2.43. The molecule has 39 heavy (non-hydrogen) atoms. The molecule has 2 aliphatic rings. The molecule has 9 nitrogen and oxygen atoms in total. The van der Waals surface area contributed by atoms with Crippen molar-refractivity contribution in [1.29, 1.82) is 0 Å². The van der Waals surface area contributed by atoms with E-state index in [9.17, 15) is 9.59 Å². The Morgan fingerprint density at radius 1 is 1.05 bits per heavy atom. The molecule has 0 aliphatic carbocycles. The predicted molar refractivity (Wildman–Crippen MR) is 149 cm³/mol. The maximum Gasteiger partial charge on any atom is 0.277 e. The van der Waals surface area contributed by atoms with Crippen molar-refractivity contribution in [2.45, 2.75) is 32.4 Å². The van der Waals surface area contributed by atoms with Gasteiger partial charge < -0.3 is 18.8 Å². The normalized spacial score (nSPS) is 18.4. The van der Waals surface area contributed by atoms with E-state index in [1.807, 2.05) is 29.7 Å². The zero-order valence-electron chi connectivity index (χ0n) is 22.3. The summed E-state index contributed by atoms with van der Waals surface area (Å²) in [5, 5.41) is 4.11. The lowest BCUT2D eigenvalue weighted by atomic mass is 9.83. The molecule has 9 heteroatoms. The highest BCUT2D eigenvalue weighted by molar-refractivity contribution is 5.83. The Balaban J connectivity index is 1.21. The van der Waals surface area contributed by atoms with Crippen LogP contribution in [-0.4, -0.2) is 55.0 Å².